The molecular formula is C15H20N2O. The Morgan fingerprint density at radius 3 is 3.06 bits per heavy atom. The van der Waals surface area contributed by atoms with E-state index in [9.17, 15) is 4.79 Å². The second-order valence-electron chi connectivity index (χ2n) is 4.95. The number of rotatable bonds is 4. The number of nitrogens with zero attached hydrogens (tertiary/aromatic N) is 1. The maximum Gasteiger partial charge on any atom is 0.251 e. The van der Waals surface area contributed by atoms with Crippen molar-refractivity contribution in [2.75, 3.05) is 20.1 Å². The topological polar surface area (TPSA) is 32.3 Å². The molecular weight excluding hydrogens is 224 g/mol. The van der Waals surface area contributed by atoms with Gasteiger partial charge in [0.15, 0.2) is 0 Å². The van der Waals surface area contributed by atoms with E-state index in [0.29, 0.717) is 17.2 Å². The molecule has 0 aromatic heterocycles. The van der Waals surface area contributed by atoms with Crippen LogP contribution in [-0.2, 0) is 0 Å². The van der Waals surface area contributed by atoms with Crippen LogP contribution < -0.4 is 5.32 Å². The molecule has 1 fully saturated rings. The van der Waals surface area contributed by atoms with Crippen molar-refractivity contribution in [2.45, 2.75) is 25.3 Å². The first kappa shape index (κ1) is 13.1. The number of likely N-dealkylation sites (tertiary alicyclic amines) is 1. The summed E-state index contributed by atoms with van der Waals surface area (Å²) in [6.07, 6.45) is 3.53. The smallest absolute Gasteiger partial charge is 0.251 e. The number of carbonyl (C=O) groups is 1. The Balaban J connectivity index is 1.78. The lowest BCUT2D eigenvalue weighted by molar-refractivity contribution is 0.0950. The van der Waals surface area contributed by atoms with E-state index >= 15 is 0 Å². The van der Waals surface area contributed by atoms with Crippen molar-refractivity contribution in [1.29, 1.82) is 0 Å². The Hall–Kier alpha value is -1.35. The fourth-order valence-corrected chi connectivity index (χ4v) is 2.48. The third kappa shape index (κ3) is 3.33. The standard InChI is InChI=1S/C15H20N2O/c1-12-5-3-6-13(11-12)15(18)16-9-8-14-7-4-10-17(14)2/h1,3,5-6,11,14H,4,7-10H2,2H3,(H,16,18). The number of nitrogens with one attached hydrogen (secondary N) is 1. The summed E-state index contributed by atoms with van der Waals surface area (Å²) < 4.78 is 0. The van der Waals surface area contributed by atoms with E-state index in [-0.39, 0.29) is 5.91 Å². The SMILES string of the molecule is [CH]c1cccc(C(=O)NCCC2CCCN2C)c1. The molecule has 1 aliphatic rings. The van der Waals surface area contributed by atoms with Gasteiger partial charge < -0.3 is 10.2 Å². The molecule has 1 aliphatic heterocycles. The summed E-state index contributed by atoms with van der Waals surface area (Å²) in [7, 11) is 2.15. The Morgan fingerprint density at radius 1 is 1.56 bits per heavy atom. The summed E-state index contributed by atoms with van der Waals surface area (Å²) in [4.78, 5) is 14.2. The Bertz CT molecular complexity index is 417. The molecule has 1 saturated heterocycles. The van der Waals surface area contributed by atoms with Gasteiger partial charge in [0.05, 0.1) is 0 Å². The van der Waals surface area contributed by atoms with E-state index in [4.69, 9.17) is 6.92 Å². The number of amides is 1. The van der Waals surface area contributed by atoms with Crippen molar-refractivity contribution in [3.8, 4) is 0 Å². The van der Waals surface area contributed by atoms with Crippen LogP contribution in [0.1, 0.15) is 35.2 Å². The summed E-state index contributed by atoms with van der Waals surface area (Å²) in [5, 5.41) is 2.95. The average Bonchev–Trinajstić information content (AvgIpc) is 2.75. The van der Waals surface area contributed by atoms with Crippen LogP contribution in [0.5, 0.6) is 0 Å². The van der Waals surface area contributed by atoms with Gasteiger partial charge in [0, 0.05) is 18.2 Å². The van der Waals surface area contributed by atoms with Gasteiger partial charge in [-0.25, -0.2) is 0 Å². The van der Waals surface area contributed by atoms with E-state index in [1.165, 1.54) is 19.4 Å². The van der Waals surface area contributed by atoms with Crippen LogP contribution in [0, 0.1) is 6.92 Å². The highest BCUT2D eigenvalue weighted by atomic mass is 16.1. The molecule has 1 N–H and O–H groups in total. The number of hydrogen-bond donors (Lipinski definition) is 1. The monoisotopic (exact) mass is 244 g/mol. The highest BCUT2D eigenvalue weighted by Crippen LogP contribution is 2.17. The first-order valence-electron chi connectivity index (χ1n) is 6.51. The first-order chi connectivity index (χ1) is 8.66. The van der Waals surface area contributed by atoms with E-state index in [1.54, 1.807) is 24.3 Å². The van der Waals surface area contributed by atoms with E-state index in [2.05, 4.69) is 17.3 Å². The molecule has 3 nitrogen and oxygen atoms in total. The van der Waals surface area contributed by atoms with Crippen LogP contribution >= 0.6 is 0 Å². The molecule has 96 valence electrons. The van der Waals surface area contributed by atoms with Crippen molar-refractivity contribution >= 4 is 5.91 Å². The van der Waals surface area contributed by atoms with Crippen LogP contribution in [0.2, 0.25) is 0 Å². The predicted molar refractivity (Wildman–Crippen MR) is 72.4 cm³/mol. The van der Waals surface area contributed by atoms with Gasteiger partial charge >= 0.3 is 0 Å². The first-order valence-corrected chi connectivity index (χ1v) is 6.51. The third-order valence-electron chi connectivity index (χ3n) is 3.58. The zero-order valence-corrected chi connectivity index (χ0v) is 10.9. The van der Waals surface area contributed by atoms with Gasteiger partial charge in [0.1, 0.15) is 0 Å². The molecule has 0 aliphatic carbocycles. The molecule has 1 aromatic carbocycles. The van der Waals surface area contributed by atoms with Gasteiger partial charge in [-0.15, -0.1) is 0 Å². The van der Waals surface area contributed by atoms with E-state index < -0.39 is 0 Å². The third-order valence-corrected chi connectivity index (χ3v) is 3.58. The van der Waals surface area contributed by atoms with Crippen molar-refractivity contribution in [2.24, 2.45) is 0 Å². The predicted octanol–water partition coefficient (Wildman–Crippen LogP) is 1.96. The van der Waals surface area contributed by atoms with E-state index in [0.717, 1.165) is 13.0 Å². The number of carbonyl (C=O) groups excluding carboxylic acids is 1. The average molecular weight is 244 g/mol. The lowest BCUT2D eigenvalue weighted by atomic mass is 10.1. The van der Waals surface area contributed by atoms with Crippen molar-refractivity contribution in [3.63, 3.8) is 0 Å². The van der Waals surface area contributed by atoms with Crippen LogP contribution in [0.4, 0.5) is 0 Å². The maximum atomic E-state index is 11.9. The van der Waals surface area contributed by atoms with Gasteiger partial charge in [-0.05, 0) is 57.5 Å². The second-order valence-corrected chi connectivity index (χ2v) is 4.95. The molecule has 0 bridgehead atoms. The Morgan fingerprint density at radius 2 is 2.39 bits per heavy atom. The minimum Gasteiger partial charge on any atom is -0.352 e. The van der Waals surface area contributed by atoms with Crippen molar-refractivity contribution < 1.29 is 4.79 Å². The molecule has 2 rings (SSSR count). The summed E-state index contributed by atoms with van der Waals surface area (Å²) in [6, 6.07) is 7.69. The highest BCUT2D eigenvalue weighted by Gasteiger charge is 2.20. The molecule has 0 saturated carbocycles. The lowest BCUT2D eigenvalue weighted by Crippen LogP contribution is -2.31. The molecule has 1 atom stereocenters. The second kappa shape index (κ2) is 6.01. The summed E-state index contributed by atoms with van der Waals surface area (Å²) >= 11 is 0. The summed E-state index contributed by atoms with van der Waals surface area (Å²) in [5.41, 5.74) is 1.26. The van der Waals surface area contributed by atoms with Gasteiger partial charge in [-0.3, -0.25) is 4.79 Å². The Labute approximate surface area is 109 Å². The van der Waals surface area contributed by atoms with Crippen LogP contribution in [0.15, 0.2) is 24.3 Å². The molecule has 2 radical (unpaired) electrons. The summed E-state index contributed by atoms with van der Waals surface area (Å²) in [6.45, 7) is 7.56. The minimum absolute atomic E-state index is 0.0389. The fraction of sp³-hybridized carbons (Fsp3) is 0.467. The Kier molecular flexibility index (Phi) is 4.37. The number of hydrogen-bond acceptors (Lipinski definition) is 2. The van der Waals surface area contributed by atoms with Gasteiger partial charge in [-0.2, -0.15) is 0 Å². The lowest BCUT2D eigenvalue weighted by Gasteiger charge is -2.19. The van der Waals surface area contributed by atoms with Crippen molar-refractivity contribution in [3.05, 3.63) is 42.3 Å². The highest BCUT2D eigenvalue weighted by molar-refractivity contribution is 5.94. The minimum atomic E-state index is -0.0389. The van der Waals surface area contributed by atoms with E-state index in [1.807, 2.05) is 0 Å². The zero-order valence-electron chi connectivity index (χ0n) is 10.9. The largest absolute Gasteiger partial charge is 0.352 e. The van der Waals surface area contributed by atoms with Crippen LogP contribution in [-0.4, -0.2) is 37.0 Å². The summed E-state index contributed by atoms with van der Waals surface area (Å²) in [5.74, 6) is -0.0389. The quantitative estimate of drug-likeness (QED) is 0.878. The molecule has 1 heterocycles. The normalized spacial score (nSPS) is 20.0. The van der Waals surface area contributed by atoms with Crippen molar-refractivity contribution in [1.82, 2.24) is 10.2 Å². The van der Waals surface area contributed by atoms with Gasteiger partial charge in [0.25, 0.3) is 5.91 Å². The van der Waals surface area contributed by atoms with Crippen LogP contribution in [0.25, 0.3) is 0 Å². The maximum absolute atomic E-state index is 11.9. The van der Waals surface area contributed by atoms with Crippen LogP contribution in [0.3, 0.4) is 0 Å². The zero-order chi connectivity index (χ0) is 13.0. The molecule has 3 heteroatoms. The fourth-order valence-electron chi connectivity index (χ4n) is 2.48. The van der Waals surface area contributed by atoms with Gasteiger partial charge in [0.2, 0.25) is 0 Å². The van der Waals surface area contributed by atoms with Gasteiger partial charge in [-0.1, -0.05) is 12.1 Å². The molecule has 18 heavy (non-hydrogen) atoms. The molecule has 0 spiro atoms. The molecule has 1 unspecified atom stereocenters. The molecule has 1 amide bonds. The number of benzene rings is 1. The molecule has 1 aromatic rings.